The van der Waals surface area contributed by atoms with Gasteiger partial charge < -0.3 is 11.1 Å². The van der Waals surface area contributed by atoms with Crippen LogP contribution in [-0.4, -0.2) is 18.5 Å². The molecule has 15 heavy (non-hydrogen) atoms. The molecule has 1 saturated carbocycles. The van der Waals surface area contributed by atoms with E-state index in [-0.39, 0.29) is 5.91 Å². The Morgan fingerprint density at radius 2 is 2.13 bits per heavy atom. The number of amides is 1. The molecule has 88 valence electrons. The molecule has 1 fully saturated rings. The van der Waals surface area contributed by atoms with Gasteiger partial charge in [-0.2, -0.15) is 0 Å². The second kappa shape index (κ2) is 6.83. The van der Waals surface area contributed by atoms with Crippen LogP contribution in [0.3, 0.4) is 0 Å². The summed E-state index contributed by atoms with van der Waals surface area (Å²) in [5.41, 5.74) is 5.39. The first kappa shape index (κ1) is 12.5. The van der Waals surface area contributed by atoms with Crippen molar-refractivity contribution in [1.82, 2.24) is 5.32 Å². The van der Waals surface area contributed by atoms with Crippen LogP contribution in [0, 0.1) is 5.92 Å². The number of carbonyl (C=O) groups is 1. The van der Waals surface area contributed by atoms with Gasteiger partial charge in [0, 0.05) is 12.5 Å². The van der Waals surface area contributed by atoms with Crippen molar-refractivity contribution in [3.8, 4) is 0 Å². The van der Waals surface area contributed by atoms with Crippen LogP contribution in [0.2, 0.25) is 0 Å². The normalized spacial score (nSPS) is 18.3. The van der Waals surface area contributed by atoms with Gasteiger partial charge in [0.1, 0.15) is 0 Å². The number of rotatable bonds is 7. The fourth-order valence-electron chi connectivity index (χ4n) is 1.99. The van der Waals surface area contributed by atoms with Crippen molar-refractivity contribution in [2.75, 3.05) is 6.54 Å². The summed E-state index contributed by atoms with van der Waals surface area (Å²) in [5.74, 6) is 0.949. The molecule has 0 radical (unpaired) electrons. The largest absolute Gasteiger partial charge is 0.353 e. The van der Waals surface area contributed by atoms with Gasteiger partial charge in [0.25, 0.3) is 0 Å². The Morgan fingerprint density at radius 1 is 1.40 bits per heavy atom. The van der Waals surface area contributed by atoms with Gasteiger partial charge in [0.05, 0.1) is 0 Å². The van der Waals surface area contributed by atoms with Gasteiger partial charge in [0.15, 0.2) is 0 Å². The molecule has 0 heterocycles. The molecule has 1 aliphatic rings. The first-order valence-electron chi connectivity index (χ1n) is 6.23. The second-order valence-electron chi connectivity index (χ2n) is 4.65. The average molecular weight is 212 g/mol. The van der Waals surface area contributed by atoms with Gasteiger partial charge in [-0.1, -0.05) is 12.8 Å². The molecule has 0 aromatic rings. The molecular weight excluding hydrogens is 188 g/mol. The number of unbranched alkanes of at least 4 members (excludes halogenated alkanes) is 2. The molecule has 3 nitrogen and oxygen atoms in total. The van der Waals surface area contributed by atoms with E-state index in [1.54, 1.807) is 0 Å². The third kappa shape index (κ3) is 4.65. The average Bonchev–Trinajstić information content (AvgIpc) is 2.09. The highest BCUT2D eigenvalue weighted by Crippen LogP contribution is 2.29. The molecular formula is C12H24N2O. The lowest BCUT2D eigenvalue weighted by atomic mass is 9.80. The van der Waals surface area contributed by atoms with Crippen LogP contribution in [-0.2, 0) is 4.79 Å². The minimum atomic E-state index is 0.214. The van der Waals surface area contributed by atoms with Crippen molar-refractivity contribution >= 4 is 5.91 Å². The Hall–Kier alpha value is -0.570. The van der Waals surface area contributed by atoms with E-state index in [2.05, 4.69) is 12.2 Å². The van der Waals surface area contributed by atoms with Gasteiger partial charge in [-0.05, 0) is 45.1 Å². The predicted molar refractivity (Wildman–Crippen MR) is 62.5 cm³/mol. The van der Waals surface area contributed by atoms with Gasteiger partial charge >= 0.3 is 0 Å². The van der Waals surface area contributed by atoms with E-state index in [4.69, 9.17) is 5.73 Å². The van der Waals surface area contributed by atoms with E-state index in [9.17, 15) is 4.79 Å². The minimum Gasteiger partial charge on any atom is -0.353 e. The van der Waals surface area contributed by atoms with E-state index in [1.807, 2.05) is 0 Å². The van der Waals surface area contributed by atoms with E-state index in [0.29, 0.717) is 12.5 Å². The third-order valence-electron chi connectivity index (χ3n) is 3.35. The van der Waals surface area contributed by atoms with Gasteiger partial charge in [-0.25, -0.2) is 0 Å². The molecule has 0 saturated heterocycles. The molecule has 3 N–H and O–H groups in total. The van der Waals surface area contributed by atoms with Crippen LogP contribution >= 0.6 is 0 Å². The Morgan fingerprint density at radius 3 is 2.67 bits per heavy atom. The molecule has 1 atom stereocenters. The lowest BCUT2D eigenvalue weighted by Crippen LogP contribution is -2.40. The molecule has 3 heteroatoms. The fourth-order valence-corrected chi connectivity index (χ4v) is 1.99. The van der Waals surface area contributed by atoms with E-state index < -0.39 is 0 Å². The zero-order chi connectivity index (χ0) is 11.1. The summed E-state index contributed by atoms with van der Waals surface area (Å²) in [4.78, 5) is 11.5. The number of hydrogen-bond donors (Lipinski definition) is 2. The number of carbonyl (C=O) groups excluding carboxylic acids is 1. The van der Waals surface area contributed by atoms with E-state index in [0.717, 1.165) is 31.7 Å². The van der Waals surface area contributed by atoms with Crippen molar-refractivity contribution in [3.05, 3.63) is 0 Å². The first-order chi connectivity index (χ1) is 7.24. The van der Waals surface area contributed by atoms with E-state index in [1.165, 1.54) is 19.3 Å². The number of nitrogens with two attached hydrogens (primary N) is 1. The van der Waals surface area contributed by atoms with E-state index >= 15 is 0 Å². The Labute approximate surface area is 92.8 Å². The number of hydrogen-bond acceptors (Lipinski definition) is 2. The highest BCUT2D eigenvalue weighted by molar-refractivity contribution is 5.76. The monoisotopic (exact) mass is 212 g/mol. The fraction of sp³-hybridized carbons (Fsp3) is 0.917. The van der Waals surface area contributed by atoms with Gasteiger partial charge in [0.2, 0.25) is 5.91 Å². The summed E-state index contributed by atoms with van der Waals surface area (Å²) in [7, 11) is 0. The smallest absolute Gasteiger partial charge is 0.220 e. The van der Waals surface area contributed by atoms with Crippen molar-refractivity contribution in [2.45, 2.75) is 57.9 Å². The topological polar surface area (TPSA) is 55.1 Å². The maximum absolute atomic E-state index is 11.5. The van der Waals surface area contributed by atoms with Gasteiger partial charge in [-0.3, -0.25) is 4.79 Å². The van der Waals surface area contributed by atoms with Crippen LogP contribution in [0.5, 0.6) is 0 Å². The zero-order valence-corrected chi connectivity index (χ0v) is 9.80. The van der Waals surface area contributed by atoms with Crippen LogP contribution < -0.4 is 11.1 Å². The molecule has 0 bridgehead atoms. The Bertz CT molecular complexity index is 190. The van der Waals surface area contributed by atoms with Crippen LogP contribution in [0.1, 0.15) is 51.9 Å². The Balaban J connectivity index is 2.01. The van der Waals surface area contributed by atoms with Crippen LogP contribution in [0.4, 0.5) is 0 Å². The SMILES string of the molecule is CC(NC(=O)CCCCCN)C1CCC1. The summed E-state index contributed by atoms with van der Waals surface area (Å²) in [5, 5.41) is 3.09. The lowest BCUT2D eigenvalue weighted by molar-refractivity contribution is -0.122. The molecule has 1 rings (SSSR count). The van der Waals surface area contributed by atoms with Gasteiger partial charge in [-0.15, -0.1) is 0 Å². The quantitative estimate of drug-likeness (QED) is 0.632. The van der Waals surface area contributed by atoms with Crippen molar-refractivity contribution in [2.24, 2.45) is 11.7 Å². The highest BCUT2D eigenvalue weighted by atomic mass is 16.1. The predicted octanol–water partition coefficient (Wildman–Crippen LogP) is 1.81. The maximum Gasteiger partial charge on any atom is 0.220 e. The first-order valence-corrected chi connectivity index (χ1v) is 6.23. The van der Waals surface area contributed by atoms with Crippen molar-refractivity contribution < 1.29 is 4.79 Å². The summed E-state index contributed by atoms with van der Waals surface area (Å²) >= 11 is 0. The molecule has 0 aliphatic heterocycles. The molecule has 1 unspecified atom stereocenters. The molecule has 1 aliphatic carbocycles. The molecule has 0 aromatic carbocycles. The van der Waals surface area contributed by atoms with Crippen LogP contribution in [0.15, 0.2) is 0 Å². The zero-order valence-electron chi connectivity index (χ0n) is 9.80. The highest BCUT2D eigenvalue weighted by Gasteiger charge is 2.24. The molecule has 0 aromatic heterocycles. The Kier molecular flexibility index (Phi) is 5.69. The van der Waals surface area contributed by atoms with Crippen molar-refractivity contribution in [3.63, 3.8) is 0 Å². The summed E-state index contributed by atoms with van der Waals surface area (Å²) in [6, 6.07) is 0.376. The second-order valence-corrected chi connectivity index (χ2v) is 4.65. The standard InChI is InChI=1S/C12H24N2O/c1-10(11-6-5-7-11)14-12(15)8-3-2-4-9-13/h10-11H,2-9,13H2,1H3,(H,14,15). The third-order valence-corrected chi connectivity index (χ3v) is 3.35. The summed E-state index contributed by atoms with van der Waals surface area (Å²) < 4.78 is 0. The summed E-state index contributed by atoms with van der Waals surface area (Å²) in [6.07, 6.45) is 7.65. The maximum atomic E-state index is 11.5. The summed E-state index contributed by atoms with van der Waals surface area (Å²) in [6.45, 7) is 2.86. The van der Waals surface area contributed by atoms with Crippen LogP contribution in [0.25, 0.3) is 0 Å². The molecule has 1 amide bonds. The van der Waals surface area contributed by atoms with Crippen molar-refractivity contribution in [1.29, 1.82) is 0 Å². The molecule has 0 spiro atoms. The number of nitrogens with one attached hydrogen (secondary N) is 1. The minimum absolute atomic E-state index is 0.214. The lowest BCUT2D eigenvalue weighted by Gasteiger charge is -2.31.